The third kappa shape index (κ3) is 2.70. The van der Waals surface area contributed by atoms with E-state index in [1.165, 1.54) is 63.4 Å². The van der Waals surface area contributed by atoms with Gasteiger partial charge >= 0.3 is 0 Å². The molecule has 4 rings (SSSR count). The van der Waals surface area contributed by atoms with E-state index in [4.69, 9.17) is 0 Å². The highest BCUT2D eigenvalue weighted by atomic mass is 14.5. The van der Waals surface area contributed by atoms with Gasteiger partial charge in [0.25, 0.3) is 0 Å². The summed E-state index contributed by atoms with van der Waals surface area (Å²) in [6.45, 7) is 0. The molecule has 0 nitrogen and oxygen atoms in total. The van der Waals surface area contributed by atoms with E-state index < -0.39 is 0 Å². The lowest BCUT2D eigenvalue weighted by Crippen LogP contribution is -2.39. The Labute approximate surface area is 129 Å². The maximum absolute atomic E-state index is 2.55. The van der Waals surface area contributed by atoms with Gasteiger partial charge in [-0.05, 0) is 61.3 Å². The van der Waals surface area contributed by atoms with Crippen LogP contribution in [0.4, 0.5) is 0 Å². The van der Waals surface area contributed by atoms with Crippen LogP contribution >= 0.6 is 0 Å². The van der Waals surface area contributed by atoms with E-state index in [0.717, 1.165) is 23.7 Å². The molecule has 0 saturated heterocycles. The molecule has 0 spiro atoms. The fourth-order valence-corrected chi connectivity index (χ4v) is 5.57. The van der Waals surface area contributed by atoms with Crippen molar-refractivity contribution in [3.8, 4) is 0 Å². The zero-order chi connectivity index (χ0) is 14.1. The third-order valence-corrected chi connectivity index (χ3v) is 6.46. The van der Waals surface area contributed by atoms with Crippen LogP contribution < -0.4 is 0 Å². The largest absolute Gasteiger partial charge is 0.0659 e. The highest BCUT2D eigenvalue weighted by Crippen LogP contribution is 2.53. The molecule has 1 aromatic rings. The molecule has 0 aromatic heterocycles. The van der Waals surface area contributed by atoms with Gasteiger partial charge in [-0.3, -0.25) is 0 Å². The summed E-state index contributed by atoms with van der Waals surface area (Å²) in [4.78, 5) is 0. The summed E-state index contributed by atoms with van der Waals surface area (Å²) in [6.07, 6.45) is 15.9. The van der Waals surface area contributed by atoms with Crippen molar-refractivity contribution in [2.24, 2.45) is 23.7 Å². The highest BCUT2D eigenvalue weighted by molar-refractivity contribution is 5.54. The second kappa shape index (κ2) is 5.99. The predicted octanol–water partition coefficient (Wildman–Crippen LogP) is 6.09. The average Bonchev–Trinajstić information content (AvgIpc) is 2.56. The van der Waals surface area contributed by atoms with Gasteiger partial charge in [-0.1, -0.05) is 67.7 Å². The highest BCUT2D eigenvalue weighted by Gasteiger charge is 2.43. The first kappa shape index (κ1) is 13.6. The lowest BCUT2D eigenvalue weighted by Gasteiger charge is -2.49. The Kier molecular flexibility index (Phi) is 3.88. The van der Waals surface area contributed by atoms with Crippen LogP contribution in [0.5, 0.6) is 0 Å². The van der Waals surface area contributed by atoms with Crippen LogP contribution in [-0.2, 0) is 0 Å². The third-order valence-electron chi connectivity index (χ3n) is 6.46. The summed E-state index contributed by atoms with van der Waals surface area (Å²) in [5.74, 6) is 4.01. The van der Waals surface area contributed by atoms with Crippen molar-refractivity contribution in [2.75, 3.05) is 0 Å². The van der Waals surface area contributed by atoms with Crippen LogP contribution in [0.25, 0.3) is 6.08 Å². The van der Waals surface area contributed by atoms with Crippen LogP contribution in [0.1, 0.15) is 63.4 Å². The summed E-state index contributed by atoms with van der Waals surface area (Å²) in [5.41, 5.74) is 3.22. The molecule has 112 valence electrons. The van der Waals surface area contributed by atoms with Gasteiger partial charge in [-0.25, -0.2) is 0 Å². The Hall–Kier alpha value is -1.04. The molecule has 3 aliphatic carbocycles. The van der Waals surface area contributed by atoms with Gasteiger partial charge < -0.3 is 0 Å². The van der Waals surface area contributed by atoms with Gasteiger partial charge in [0.1, 0.15) is 0 Å². The van der Waals surface area contributed by atoms with Gasteiger partial charge in [0.05, 0.1) is 0 Å². The maximum Gasteiger partial charge on any atom is -0.0169 e. The van der Waals surface area contributed by atoms with E-state index in [1.54, 1.807) is 5.57 Å². The van der Waals surface area contributed by atoms with E-state index in [-0.39, 0.29) is 0 Å². The Morgan fingerprint density at radius 2 is 1.48 bits per heavy atom. The molecule has 0 heterocycles. The van der Waals surface area contributed by atoms with E-state index >= 15 is 0 Å². The van der Waals surface area contributed by atoms with Crippen molar-refractivity contribution in [1.82, 2.24) is 0 Å². The van der Waals surface area contributed by atoms with Crippen molar-refractivity contribution in [3.63, 3.8) is 0 Å². The second-order valence-corrected chi connectivity index (χ2v) is 7.60. The Bertz CT molecular complexity index is 498. The van der Waals surface area contributed by atoms with Crippen LogP contribution in [0.2, 0.25) is 0 Å². The molecule has 4 atom stereocenters. The zero-order valence-electron chi connectivity index (χ0n) is 13.1. The number of hydrogen-bond donors (Lipinski definition) is 0. The molecule has 0 heteroatoms. The Morgan fingerprint density at radius 3 is 2.33 bits per heavy atom. The molecule has 0 N–H and O–H groups in total. The molecule has 0 bridgehead atoms. The number of rotatable bonds is 1. The van der Waals surface area contributed by atoms with Gasteiger partial charge in [0, 0.05) is 0 Å². The molecule has 3 fully saturated rings. The van der Waals surface area contributed by atoms with Gasteiger partial charge in [-0.15, -0.1) is 0 Å². The molecule has 0 amide bonds. The van der Waals surface area contributed by atoms with Crippen LogP contribution in [0.3, 0.4) is 0 Å². The first-order valence-electron chi connectivity index (χ1n) is 9.17. The van der Waals surface area contributed by atoms with E-state index in [2.05, 4.69) is 36.4 Å². The molecule has 3 aliphatic rings. The Morgan fingerprint density at radius 1 is 0.762 bits per heavy atom. The van der Waals surface area contributed by atoms with Crippen molar-refractivity contribution < 1.29 is 0 Å². The fourth-order valence-electron chi connectivity index (χ4n) is 5.57. The molecular weight excluding hydrogens is 252 g/mol. The molecule has 0 radical (unpaired) electrons. The van der Waals surface area contributed by atoms with Gasteiger partial charge in [-0.2, -0.15) is 0 Å². The minimum atomic E-state index is 0.915. The number of benzene rings is 1. The number of hydrogen-bond acceptors (Lipinski definition) is 0. The molecule has 21 heavy (non-hydrogen) atoms. The van der Waals surface area contributed by atoms with E-state index in [9.17, 15) is 0 Å². The van der Waals surface area contributed by atoms with Gasteiger partial charge in [0.15, 0.2) is 0 Å². The molecule has 1 aromatic carbocycles. The molecule has 0 aliphatic heterocycles. The van der Waals surface area contributed by atoms with Crippen molar-refractivity contribution in [2.45, 2.75) is 57.8 Å². The lowest BCUT2D eigenvalue weighted by atomic mass is 9.56. The molecular formula is C21H28. The summed E-state index contributed by atoms with van der Waals surface area (Å²) in [5, 5.41) is 0. The summed E-state index contributed by atoms with van der Waals surface area (Å²) in [6, 6.07) is 11.0. The first-order valence-corrected chi connectivity index (χ1v) is 9.17. The maximum atomic E-state index is 2.55. The number of allylic oxidation sites excluding steroid dienone is 1. The quantitative estimate of drug-likeness (QED) is 0.584. The lowest BCUT2D eigenvalue weighted by molar-refractivity contribution is 0.0636. The average molecular weight is 280 g/mol. The van der Waals surface area contributed by atoms with Crippen LogP contribution in [0, 0.1) is 23.7 Å². The standard InChI is InChI=1S/C21H28/c1-2-8-16(9-3-1)14-18-15-17-10-4-5-11-19(17)21-13-7-6-12-20(18)21/h1-3,8-9,14,17,19-21H,4-7,10-13,15H2/b18-14+/t17-,19-,20+,21-/m0/s1. The zero-order valence-corrected chi connectivity index (χ0v) is 13.1. The monoisotopic (exact) mass is 280 g/mol. The van der Waals surface area contributed by atoms with Gasteiger partial charge in [0.2, 0.25) is 0 Å². The predicted molar refractivity (Wildman–Crippen MR) is 89.9 cm³/mol. The van der Waals surface area contributed by atoms with E-state index in [0.29, 0.717) is 0 Å². The van der Waals surface area contributed by atoms with E-state index in [1.807, 2.05) is 0 Å². The topological polar surface area (TPSA) is 0 Å². The molecule has 0 unspecified atom stereocenters. The first-order chi connectivity index (χ1) is 10.4. The van der Waals surface area contributed by atoms with Crippen molar-refractivity contribution >= 4 is 6.08 Å². The fraction of sp³-hybridized carbons (Fsp3) is 0.619. The van der Waals surface area contributed by atoms with Crippen molar-refractivity contribution in [3.05, 3.63) is 41.5 Å². The Balaban J connectivity index is 1.65. The summed E-state index contributed by atoms with van der Waals surface area (Å²) in [7, 11) is 0. The van der Waals surface area contributed by atoms with Crippen molar-refractivity contribution in [1.29, 1.82) is 0 Å². The van der Waals surface area contributed by atoms with Crippen LogP contribution in [-0.4, -0.2) is 0 Å². The summed E-state index contributed by atoms with van der Waals surface area (Å²) < 4.78 is 0. The normalized spacial score (nSPS) is 37.8. The minimum absolute atomic E-state index is 0.915. The minimum Gasteiger partial charge on any atom is -0.0659 e. The summed E-state index contributed by atoms with van der Waals surface area (Å²) >= 11 is 0. The number of fused-ring (bicyclic) bond motifs is 3. The molecule has 3 saturated carbocycles. The SMILES string of the molecule is C(=C1/C[C@@H]2CCCC[C@@H]2[C@@H]2CCCC[C@H]12)/c1ccccc1. The van der Waals surface area contributed by atoms with Crippen LogP contribution in [0.15, 0.2) is 35.9 Å². The second-order valence-electron chi connectivity index (χ2n) is 7.60. The smallest absolute Gasteiger partial charge is 0.0169 e.